The predicted molar refractivity (Wildman–Crippen MR) is 61.2 cm³/mol. The lowest BCUT2D eigenvalue weighted by Gasteiger charge is -2.16. The number of aryl methyl sites for hydroxylation is 1. The molecule has 0 radical (unpaired) electrons. The second-order valence-electron chi connectivity index (χ2n) is 3.34. The van der Waals surface area contributed by atoms with Crippen LogP contribution in [0.2, 0.25) is 0 Å². The summed E-state index contributed by atoms with van der Waals surface area (Å²) in [5, 5.41) is 0. The van der Waals surface area contributed by atoms with Gasteiger partial charge in [0.2, 0.25) is 10.0 Å². The van der Waals surface area contributed by atoms with E-state index in [2.05, 4.69) is 6.58 Å². The van der Waals surface area contributed by atoms with Gasteiger partial charge in [-0.25, -0.2) is 8.42 Å². The lowest BCUT2D eigenvalue weighted by Crippen LogP contribution is -2.27. The number of nitrogens with zero attached hydrogens (tertiary/aromatic N) is 1. The van der Waals surface area contributed by atoms with E-state index in [0.29, 0.717) is 11.4 Å². The summed E-state index contributed by atoms with van der Waals surface area (Å²) in [4.78, 5) is 0.356. The lowest BCUT2D eigenvalue weighted by atomic mass is 10.2. The van der Waals surface area contributed by atoms with Crippen LogP contribution in [0.15, 0.2) is 41.8 Å². The van der Waals surface area contributed by atoms with Crippen LogP contribution in [0.1, 0.15) is 5.56 Å². The zero-order chi connectivity index (χ0) is 11.5. The van der Waals surface area contributed by atoms with Gasteiger partial charge in [-0.2, -0.15) is 4.31 Å². The highest BCUT2D eigenvalue weighted by atomic mass is 32.2. The number of benzene rings is 1. The smallest absolute Gasteiger partial charge is 0.207 e. The van der Waals surface area contributed by atoms with E-state index in [-0.39, 0.29) is 0 Å². The second kappa shape index (κ2) is 4.59. The van der Waals surface area contributed by atoms with Gasteiger partial charge in [-0.15, -0.1) is 6.58 Å². The van der Waals surface area contributed by atoms with Crippen LogP contribution < -0.4 is 0 Å². The van der Waals surface area contributed by atoms with E-state index in [0.717, 1.165) is 5.56 Å². The number of hydrogen-bond acceptors (Lipinski definition) is 2. The summed E-state index contributed by atoms with van der Waals surface area (Å²) in [5.41, 5.74) is 0.758. The molecule has 0 aliphatic carbocycles. The highest BCUT2D eigenvalue weighted by Crippen LogP contribution is 2.17. The Kier molecular flexibility index (Phi) is 3.66. The van der Waals surface area contributed by atoms with Crippen molar-refractivity contribution in [3.63, 3.8) is 0 Å². The molecule has 0 saturated heterocycles. The average Bonchev–Trinajstić information content (AvgIpc) is 2.18. The molecule has 0 aromatic heterocycles. The third-order valence-corrected chi connectivity index (χ3v) is 4.15. The predicted octanol–water partition coefficient (Wildman–Crippen LogP) is 1.80. The molecule has 0 saturated carbocycles. The van der Waals surface area contributed by atoms with Crippen LogP contribution in [0.4, 0.5) is 0 Å². The van der Waals surface area contributed by atoms with Crippen molar-refractivity contribution in [3.05, 3.63) is 42.5 Å². The molecule has 3 nitrogen and oxygen atoms in total. The van der Waals surface area contributed by atoms with Crippen molar-refractivity contribution in [2.75, 3.05) is 13.6 Å². The molecule has 0 amide bonds. The van der Waals surface area contributed by atoms with Crippen molar-refractivity contribution in [3.8, 4) is 0 Å². The summed E-state index contributed by atoms with van der Waals surface area (Å²) >= 11 is 0. The molecule has 1 aromatic rings. The summed E-state index contributed by atoms with van der Waals surface area (Å²) in [7, 11) is -1.82. The van der Waals surface area contributed by atoms with E-state index >= 15 is 0 Å². The average molecular weight is 225 g/mol. The van der Waals surface area contributed by atoms with E-state index < -0.39 is 10.0 Å². The van der Waals surface area contributed by atoms with Crippen molar-refractivity contribution < 1.29 is 8.42 Å². The van der Waals surface area contributed by atoms with E-state index in [1.807, 2.05) is 6.07 Å². The Hall–Kier alpha value is -1.13. The van der Waals surface area contributed by atoms with Crippen LogP contribution in [0.25, 0.3) is 0 Å². The molecule has 0 fully saturated rings. The normalized spacial score (nSPS) is 11.7. The van der Waals surface area contributed by atoms with Crippen LogP contribution >= 0.6 is 0 Å². The highest BCUT2D eigenvalue weighted by Gasteiger charge is 2.20. The summed E-state index contributed by atoms with van der Waals surface area (Å²) in [5.74, 6) is 0. The zero-order valence-corrected chi connectivity index (χ0v) is 9.79. The Morgan fingerprint density at radius 2 is 2.00 bits per heavy atom. The first kappa shape index (κ1) is 11.9. The molecular weight excluding hydrogens is 210 g/mol. The summed E-state index contributed by atoms with van der Waals surface area (Å²) in [6, 6.07) is 6.95. The van der Waals surface area contributed by atoms with Gasteiger partial charge >= 0.3 is 0 Å². The Bertz CT molecular complexity index is 451. The minimum absolute atomic E-state index is 0.316. The van der Waals surface area contributed by atoms with Crippen molar-refractivity contribution in [1.29, 1.82) is 0 Å². The maximum Gasteiger partial charge on any atom is 0.243 e. The Morgan fingerprint density at radius 1 is 1.40 bits per heavy atom. The molecule has 0 unspecified atom stereocenters. The van der Waals surface area contributed by atoms with Gasteiger partial charge in [0, 0.05) is 13.6 Å². The second-order valence-corrected chi connectivity index (χ2v) is 5.35. The van der Waals surface area contributed by atoms with E-state index in [4.69, 9.17) is 0 Å². The van der Waals surface area contributed by atoms with Crippen molar-refractivity contribution >= 4 is 10.0 Å². The number of rotatable bonds is 4. The molecule has 0 aliphatic rings. The largest absolute Gasteiger partial charge is 0.243 e. The first-order chi connectivity index (χ1) is 7.00. The lowest BCUT2D eigenvalue weighted by molar-refractivity contribution is 0.499. The first-order valence-electron chi connectivity index (χ1n) is 4.63. The SMILES string of the molecule is C=CCN(C)S(=O)(=O)c1ccccc1C. The third kappa shape index (κ3) is 2.46. The topological polar surface area (TPSA) is 37.4 Å². The Morgan fingerprint density at radius 3 is 2.53 bits per heavy atom. The van der Waals surface area contributed by atoms with Gasteiger partial charge in [0.15, 0.2) is 0 Å². The van der Waals surface area contributed by atoms with Gasteiger partial charge < -0.3 is 0 Å². The molecule has 0 atom stereocenters. The fourth-order valence-electron chi connectivity index (χ4n) is 1.29. The third-order valence-electron chi connectivity index (χ3n) is 2.17. The zero-order valence-electron chi connectivity index (χ0n) is 8.97. The quantitative estimate of drug-likeness (QED) is 0.733. The molecule has 0 aliphatic heterocycles. The van der Waals surface area contributed by atoms with Crippen LogP contribution in [-0.2, 0) is 10.0 Å². The maximum absolute atomic E-state index is 12.0. The minimum atomic E-state index is -3.37. The van der Waals surface area contributed by atoms with Crippen LogP contribution in [0.5, 0.6) is 0 Å². The van der Waals surface area contributed by atoms with Gasteiger partial charge in [0.05, 0.1) is 4.90 Å². The van der Waals surface area contributed by atoms with Gasteiger partial charge in [-0.05, 0) is 18.6 Å². The van der Waals surface area contributed by atoms with E-state index in [9.17, 15) is 8.42 Å². The first-order valence-corrected chi connectivity index (χ1v) is 6.07. The van der Waals surface area contributed by atoms with Gasteiger partial charge in [0.25, 0.3) is 0 Å². The van der Waals surface area contributed by atoms with Gasteiger partial charge in [0.1, 0.15) is 0 Å². The van der Waals surface area contributed by atoms with Gasteiger partial charge in [-0.3, -0.25) is 0 Å². The molecule has 4 heteroatoms. The van der Waals surface area contributed by atoms with Crippen molar-refractivity contribution in [2.45, 2.75) is 11.8 Å². The van der Waals surface area contributed by atoms with Crippen molar-refractivity contribution in [1.82, 2.24) is 4.31 Å². The van der Waals surface area contributed by atoms with Gasteiger partial charge in [-0.1, -0.05) is 24.3 Å². The Labute approximate surface area is 91.1 Å². The van der Waals surface area contributed by atoms with E-state index in [1.54, 1.807) is 38.2 Å². The fraction of sp³-hybridized carbons (Fsp3) is 0.273. The van der Waals surface area contributed by atoms with Crippen LogP contribution in [0.3, 0.4) is 0 Å². The van der Waals surface area contributed by atoms with Crippen LogP contribution in [0, 0.1) is 6.92 Å². The number of likely N-dealkylation sites (N-methyl/N-ethyl adjacent to an activating group) is 1. The minimum Gasteiger partial charge on any atom is -0.207 e. The molecule has 82 valence electrons. The maximum atomic E-state index is 12.0. The highest BCUT2D eigenvalue weighted by molar-refractivity contribution is 7.89. The van der Waals surface area contributed by atoms with E-state index in [1.165, 1.54) is 4.31 Å². The molecule has 1 rings (SSSR count). The fourth-order valence-corrected chi connectivity index (χ4v) is 2.66. The number of sulfonamides is 1. The molecule has 0 spiro atoms. The molecular formula is C11H15NO2S. The molecule has 15 heavy (non-hydrogen) atoms. The molecule has 0 heterocycles. The van der Waals surface area contributed by atoms with Crippen molar-refractivity contribution in [2.24, 2.45) is 0 Å². The Balaban J connectivity index is 3.17. The summed E-state index contributed by atoms with van der Waals surface area (Å²) < 4.78 is 25.3. The molecule has 1 aromatic carbocycles. The summed E-state index contributed by atoms with van der Waals surface area (Å²) in [6.45, 7) is 5.63. The monoisotopic (exact) mass is 225 g/mol. The molecule has 0 N–H and O–H groups in total. The summed E-state index contributed by atoms with van der Waals surface area (Å²) in [6.07, 6.45) is 1.57. The standard InChI is InChI=1S/C11H15NO2S/c1-4-9-12(3)15(13,14)11-8-6-5-7-10(11)2/h4-8H,1,9H2,2-3H3. The number of hydrogen-bond donors (Lipinski definition) is 0. The van der Waals surface area contributed by atoms with Crippen LogP contribution in [-0.4, -0.2) is 26.3 Å². The molecule has 0 bridgehead atoms.